The number of aromatic nitrogens is 2. The molecule has 21 heavy (non-hydrogen) atoms. The third-order valence-corrected chi connectivity index (χ3v) is 3.75. The zero-order valence-electron chi connectivity index (χ0n) is 11.3. The molecular formula is C15H14ClN3O2. The van der Waals surface area contributed by atoms with Crippen LogP contribution in [0.25, 0.3) is 0 Å². The van der Waals surface area contributed by atoms with Gasteiger partial charge in [0.1, 0.15) is 11.0 Å². The largest absolute Gasteiger partial charge is 0.366 e. The Kier molecular flexibility index (Phi) is 3.51. The fourth-order valence-electron chi connectivity index (χ4n) is 2.38. The Morgan fingerprint density at radius 3 is 2.76 bits per heavy atom. The lowest BCUT2D eigenvalue weighted by Crippen LogP contribution is -2.26. The summed E-state index contributed by atoms with van der Waals surface area (Å²) in [5.74, 6) is 0.456. The van der Waals surface area contributed by atoms with E-state index in [4.69, 9.17) is 17.3 Å². The van der Waals surface area contributed by atoms with Gasteiger partial charge >= 0.3 is 0 Å². The quantitative estimate of drug-likeness (QED) is 0.877. The molecule has 3 rings (SSSR count). The molecule has 0 unspecified atom stereocenters. The van der Waals surface area contributed by atoms with E-state index >= 15 is 0 Å². The van der Waals surface area contributed by atoms with Crippen LogP contribution in [0.3, 0.4) is 0 Å². The van der Waals surface area contributed by atoms with Crippen molar-refractivity contribution in [2.45, 2.75) is 25.3 Å². The molecule has 6 heteroatoms. The second-order valence-electron chi connectivity index (χ2n) is 5.16. The van der Waals surface area contributed by atoms with Crippen molar-refractivity contribution in [3.05, 3.63) is 62.8 Å². The summed E-state index contributed by atoms with van der Waals surface area (Å²) in [6.45, 7) is 0.272. The Morgan fingerprint density at radius 1 is 1.38 bits per heavy atom. The van der Waals surface area contributed by atoms with Crippen molar-refractivity contribution in [2.24, 2.45) is 5.73 Å². The van der Waals surface area contributed by atoms with Gasteiger partial charge in [-0.25, -0.2) is 4.98 Å². The highest BCUT2D eigenvalue weighted by atomic mass is 35.5. The Morgan fingerprint density at radius 2 is 2.10 bits per heavy atom. The number of hydrogen-bond acceptors (Lipinski definition) is 3. The summed E-state index contributed by atoms with van der Waals surface area (Å²) < 4.78 is 1.57. The van der Waals surface area contributed by atoms with Crippen molar-refractivity contribution in [1.82, 2.24) is 9.55 Å². The van der Waals surface area contributed by atoms with Gasteiger partial charge in [0, 0.05) is 17.5 Å². The number of nitrogens with zero attached hydrogens (tertiary/aromatic N) is 2. The lowest BCUT2D eigenvalue weighted by atomic mass is 10.1. The summed E-state index contributed by atoms with van der Waals surface area (Å²) in [7, 11) is 0. The maximum Gasteiger partial charge on any atom is 0.255 e. The van der Waals surface area contributed by atoms with Crippen LogP contribution in [0.2, 0.25) is 5.15 Å². The Hall–Kier alpha value is -2.14. The molecule has 2 N–H and O–H groups in total. The second kappa shape index (κ2) is 5.33. The first-order valence-electron chi connectivity index (χ1n) is 6.71. The van der Waals surface area contributed by atoms with E-state index in [2.05, 4.69) is 4.98 Å². The first-order chi connectivity index (χ1) is 10.1. The molecule has 1 aliphatic rings. The Labute approximate surface area is 126 Å². The van der Waals surface area contributed by atoms with Crippen LogP contribution in [0.1, 0.15) is 40.5 Å². The first kappa shape index (κ1) is 13.8. The average molecular weight is 304 g/mol. The second-order valence-corrected chi connectivity index (χ2v) is 5.54. The van der Waals surface area contributed by atoms with Gasteiger partial charge < -0.3 is 5.73 Å². The maximum atomic E-state index is 12.2. The van der Waals surface area contributed by atoms with Crippen LogP contribution in [0.4, 0.5) is 0 Å². The fraction of sp³-hybridized carbons (Fsp3) is 0.267. The smallest absolute Gasteiger partial charge is 0.255 e. The van der Waals surface area contributed by atoms with E-state index in [1.807, 2.05) is 6.07 Å². The van der Waals surface area contributed by atoms with E-state index in [-0.39, 0.29) is 23.2 Å². The van der Waals surface area contributed by atoms with Gasteiger partial charge in [-0.2, -0.15) is 0 Å². The molecule has 1 aliphatic carbocycles. The van der Waals surface area contributed by atoms with E-state index in [1.165, 1.54) is 6.07 Å². The van der Waals surface area contributed by atoms with Gasteiger partial charge in [-0.05, 0) is 24.5 Å². The number of hydrogen-bond donors (Lipinski definition) is 1. The molecule has 1 aromatic carbocycles. The van der Waals surface area contributed by atoms with Crippen molar-refractivity contribution in [3.8, 4) is 0 Å². The zero-order chi connectivity index (χ0) is 15.0. The van der Waals surface area contributed by atoms with E-state index in [0.29, 0.717) is 17.0 Å². The van der Waals surface area contributed by atoms with Crippen molar-refractivity contribution in [1.29, 1.82) is 0 Å². The monoisotopic (exact) mass is 303 g/mol. The van der Waals surface area contributed by atoms with E-state index in [9.17, 15) is 9.59 Å². The number of primary amides is 1. The van der Waals surface area contributed by atoms with Crippen molar-refractivity contribution < 1.29 is 4.79 Å². The Balaban J connectivity index is 2.07. The summed E-state index contributed by atoms with van der Waals surface area (Å²) in [4.78, 5) is 28.0. The molecule has 1 amide bonds. The minimum atomic E-state index is -0.506. The fourth-order valence-corrected chi connectivity index (χ4v) is 2.56. The van der Waals surface area contributed by atoms with Crippen molar-refractivity contribution in [2.75, 3.05) is 0 Å². The molecule has 2 aromatic rings. The number of rotatable bonds is 4. The van der Waals surface area contributed by atoms with E-state index in [1.54, 1.807) is 22.8 Å². The molecule has 0 aliphatic heterocycles. The highest BCUT2D eigenvalue weighted by Gasteiger charge is 2.29. The van der Waals surface area contributed by atoms with Crippen LogP contribution in [0, 0.1) is 0 Å². The molecular weight excluding hydrogens is 290 g/mol. The Bertz CT molecular complexity index is 766. The number of benzene rings is 1. The average Bonchev–Trinajstić information content (AvgIpc) is 3.26. The first-order valence-corrected chi connectivity index (χ1v) is 7.09. The topological polar surface area (TPSA) is 78.0 Å². The molecule has 0 atom stereocenters. The van der Waals surface area contributed by atoms with Gasteiger partial charge in [0.15, 0.2) is 0 Å². The third kappa shape index (κ3) is 2.83. The summed E-state index contributed by atoms with van der Waals surface area (Å²) >= 11 is 5.88. The van der Waals surface area contributed by atoms with E-state index in [0.717, 1.165) is 12.8 Å². The molecule has 0 saturated heterocycles. The summed E-state index contributed by atoms with van der Waals surface area (Å²) in [5, 5.41) is 0.210. The third-order valence-electron chi connectivity index (χ3n) is 3.56. The molecule has 0 radical (unpaired) electrons. The van der Waals surface area contributed by atoms with Gasteiger partial charge in [0.25, 0.3) is 5.56 Å². The summed E-state index contributed by atoms with van der Waals surface area (Å²) in [5.41, 5.74) is 6.29. The lowest BCUT2D eigenvalue weighted by Gasteiger charge is -2.13. The lowest BCUT2D eigenvalue weighted by molar-refractivity contribution is 0.0999. The van der Waals surface area contributed by atoms with Gasteiger partial charge in [-0.1, -0.05) is 29.8 Å². The molecule has 1 heterocycles. The van der Waals surface area contributed by atoms with Crippen LogP contribution in [0.15, 0.2) is 35.1 Å². The number of nitrogens with two attached hydrogens (primary N) is 1. The van der Waals surface area contributed by atoms with Crippen LogP contribution < -0.4 is 11.3 Å². The van der Waals surface area contributed by atoms with E-state index < -0.39 is 5.91 Å². The van der Waals surface area contributed by atoms with Crippen LogP contribution >= 0.6 is 11.6 Å². The highest BCUT2D eigenvalue weighted by molar-refractivity contribution is 6.29. The van der Waals surface area contributed by atoms with Crippen molar-refractivity contribution >= 4 is 17.5 Å². The van der Waals surface area contributed by atoms with Crippen LogP contribution in [-0.4, -0.2) is 15.5 Å². The van der Waals surface area contributed by atoms with Crippen molar-refractivity contribution in [3.63, 3.8) is 0 Å². The van der Waals surface area contributed by atoms with Gasteiger partial charge in [-0.3, -0.25) is 14.2 Å². The molecule has 0 bridgehead atoms. The number of carbonyl (C=O) groups excluding carboxylic acids is 1. The molecule has 0 spiro atoms. The maximum absolute atomic E-state index is 12.2. The summed E-state index contributed by atoms with van der Waals surface area (Å²) in [6, 6.07) is 8.29. The molecule has 1 fully saturated rings. The zero-order valence-corrected chi connectivity index (χ0v) is 12.0. The number of amides is 1. The molecule has 5 nitrogen and oxygen atoms in total. The predicted octanol–water partition coefficient (Wildman–Crippen LogP) is 1.92. The highest BCUT2D eigenvalue weighted by Crippen LogP contribution is 2.39. The molecule has 1 aromatic heterocycles. The van der Waals surface area contributed by atoms with Crippen LogP contribution in [-0.2, 0) is 6.54 Å². The normalized spacial score (nSPS) is 14.1. The van der Waals surface area contributed by atoms with Gasteiger partial charge in [0.05, 0.1) is 6.54 Å². The van der Waals surface area contributed by atoms with Gasteiger partial charge in [0.2, 0.25) is 5.91 Å². The number of halogens is 1. The SMILES string of the molecule is NC(=O)c1ccccc1Cn1c(C2CC2)nc(Cl)cc1=O. The van der Waals surface area contributed by atoms with Gasteiger partial charge in [-0.15, -0.1) is 0 Å². The molecule has 108 valence electrons. The summed E-state index contributed by atoms with van der Waals surface area (Å²) in [6.07, 6.45) is 2.01. The minimum absolute atomic E-state index is 0.210. The minimum Gasteiger partial charge on any atom is -0.366 e. The number of carbonyl (C=O) groups is 1. The van der Waals surface area contributed by atoms with Crippen LogP contribution in [0.5, 0.6) is 0 Å². The standard InChI is InChI=1S/C15H14ClN3O2/c16-12-7-13(20)19(15(18-12)9-5-6-9)8-10-3-1-2-4-11(10)14(17)21/h1-4,7,9H,5-6,8H2,(H2,17,21). The molecule has 1 saturated carbocycles. The predicted molar refractivity (Wildman–Crippen MR) is 79.5 cm³/mol.